The summed E-state index contributed by atoms with van der Waals surface area (Å²) in [7, 11) is 0. The third-order valence-electron chi connectivity index (χ3n) is 4.80. The van der Waals surface area contributed by atoms with Gasteiger partial charge in [-0.1, -0.05) is 32.0 Å². The Morgan fingerprint density at radius 1 is 1.13 bits per heavy atom. The lowest BCUT2D eigenvalue weighted by atomic mass is 10.0. The van der Waals surface area contributed by atoms with Crippen LogP contribution in [0.5, 0.6) is 11.6 Å². The van der Waals surface area contributed by atoms with Crippen LogP contribution in [0.3, 0.4) is 0 Å². The highest BCUT2D eigenvalue weighted by Gasteiger charge is 2.25. The minimum Gasteiger partial charge on any atom is -0.459 e. The zero-order valence-corrected chi connectivity index (χ0v) is 18.1. The second-order valence-electron chi connectivity index (χ2n) is 7.77. The van der Waals surface area contributed by atoms with Gasteiger partial charge in [0.05, 0.1) is 6.26 Å². The SMILES string of the molecule is Cc1ccc(C)c(Oc2ccc(CNC(=O)C(NC(=O)c3ccco3)C(C)C)cn2)c1. The summed E-state index contributed by atoms with van der Waals surface area (Å²) >= 11 is 0. The predicted octanol–water partition coefficient (Wildman–Crippen LogP) is 4.15. The molecule has 7 nitrogen and oxygen atoms in total. The zero-order chi connectivity index (χ0) is 22.4. The molecule has 0 aliphatic carbocycles. The summed E-state index contributed by atoms with van der Waals surface area (Å²) in [4.78, 5) is 29.2. The molecule has 0 saturated heterocycles. The first-order valence-electron chi connectivity index (χ1n) is 10.2. The average molecular weight is 421 g/mol. The molecule has 3 rings (SSSR count). The molecule has 0 aliphatic heterocycles. The van der Waals surface area contributed by atoms with Gasteiger partial charge in [-0.25, -0.2) is 4.98 Å². The molecule has 7 heteroatoms. The largest absolute Gasteiger partial charge is 0.459 e. The molecule has 2 heterocycles. The summed E-state index contributed by atoms with van der Waals surface area (Å²) in [5.41, 5.74) is 2.96. The van der Waals surface area contributed by atoms with Gasteiger partial charge in [-0.05, 0) is 54.7 Å². The Bertz CT molecular complexity index is 1030. The molecule has 0 aliphatic rings. The van der Waals surface area contributed by atoms with E-state index in [1.54, 1.807) is 24.4 Å². The number of nitrogens with one attached hydrogen (secondary N) is 2. The van der Waals surface area contributed by atoms with Crippen LogP contribution < -0.4 is 15.4 Å². The highest BCUT2D eigenvalue weighted by molar-refractivity contribution is 5.95. The number of hydrogen-bond acceptors (Lipinski definition) is 5. The summed E-state index contributed by atoms with van der Waals surface area (Å²) in [5, 5.41) is 5.57. The molecule has 3 aromatic rings. The molecule has 31 heavy (non-hydrogen) atoms. The molecule has 0 radical (unpaired) electrons. The Morgan fingerprint density at radius 2 is 1.94 bits per heavy atom. The molecule has 0 bridgehead atoms. The second-order valence-corrected chi connectivity index (χ2v) is 7.77. The molecule has 0 saturated carbocycles. The number of carbonyl (C=O) groups excluding carboxylic acids is 2. The van der Waals surface area contributed by atoms with Gasteiger partial charge in [-0.3, -0.25) is 9.59 Å². The molecule has 2 aromatic heterocycles. The van der Waals surface area contributed by atoms with E-state index in [9.17, 15) is 9.59 Å². The summed E-state index contributed by atoms with van der Waals surface area (Å²) in [6, 6.07) is 12.1. The number of pyridine rings is 1. The predicted molar refractivity (Wildman–Crippen MR) is 117 cm³/mol. The highest BCUT2D eigenvalue weighted by Crippen LogP contribution is 2.24. The fourth-order valence-electron chi connectivity index (χ4n) is 2.96. The number of furan rings is 1. The fraction of sp³-hybridized carbons (Fsp3) is 0.292. The Balaban J connectivity index is 1.57. The van der Waals surface area contributed by atoms with E-state index < -0.39 is 11.9 Å². The van der Waals surface area contributed by atoms with Gasteiger partial charge in [0.15, 0.2) is 5.76 Å². The maximum atomic E-state index is 12.6. The zero-order valence-electron chi connectivity index (χ0n) is 18.1. The monoisotopic (exact) mass is 421 g/mol. The van der Waals surface area contributed by atoms with Crippen molar-refractivity contribution in [2.45, 2.75) is 40.3 Å². The molecular formula is C24H27N3O4. The number of carbonyl (C=O) groups is 2. The van der Waals surface area contributed by atoms with Crippen molar-refractivity contribution >= 4 is 11.8 Å². The van der Waals surface area contributed by atoms with Crippen LogP contribution >= 0.6 is 0 Å². The minimum absolute atomic E-state index is 0.0922. The van der Waals surface area contributed by atoms with Gasteiger partial charge in [0.2, 0.25) is 11.8 Å². The lowest BCUT2D eigenvalue weighted by Gasteiger charge is -2.21. The summed E-state index contributed by atoms with van der Waals surface area (Å²) in [6.07, 6.45) is 3.08. The first-order chi connectivity index (χ1) is 14.8. The number of rotatable bonds is 8. The van der Waals surface area contributed by atoms with Crippen LogP contribution in [0.1, 0.15) is 41.1 Å². The number of nitrogens with zero attached hydrogens (tertiary/aromatic N) is 1. The first-order valence-corrected chi connectivity index (χ1v) is 10.2. The first kappa shape index (κ1) is 22.1. The Morgan fingerprint density at radius 3 is 2.58 bits per heavy atom. The molecular weight excluding hydrogens is 394 g/mol. The van der Waals surface area contributed by atoms with Crippen LogP contribution in [0.15, 0.2) is 59.3 Å². The van der Waals surface area contributed by atoms with E-state index in [4.69, 9.17) is 9.15 Å². The fourth-order valence-corrected chi connectivity index (χ4v) is 2.96. The van der Waals surface area contributed by atoms with E-state index >= 15 is 0 Å². The van der Waals surface area contributed by atoms with Crippen LogP contribution in [0.25, 0.3) is 0 Å². The number of aromatic nitrogens is 1. The van der Waals surface area contributed by atoms with Crippen LogP contribution in [-0.2, 0) is 11.3 Å². The maximum Gasteiger partial charge on any atom is 0.287 e. The van der Waals surface area contributed by atoms with E-state index in [0.717, 1.165) is 22.4 Å². The number of aryl methyl sites for hydroxylation is 2. The smallest absolute Gasteiger partial charge is 0.287 e. The highest BCUT2D eigenvalue weighted by atomic mass is 16.5. The number of amides is 2. The quantitative estimate of drug-likeness (QED) is 0.570. The van der Waals surface area contributed by atoms with Crippen LogP contribution in [0.2, 0.25) is 0 Å². The van der Waals surface area contributed by atoms with E-state index in [-0.39, 0.29) is 24.1 Å². The van der Waals surface area contributed by atoms with Gasteiger partial charge in [0, 0.05) is 18.8 Å². The Labute approximate surface area is 181 Å². The van der Waals surface area contributed by atoms with Gasteiger partial charge in [0.25, 0.3) is 5.91 Å². The van der Waals surface area contributed by atoms with Crippen molar-refractivity contribution in [3.63, 3.8) is 0 Å². The van der Waals surface area contributed by atoms with Crippen LogP contribution in [0, 0.1) is 19.8 Å². The van der Waals surface area contributed by atoms with Gasteiger partial charge >= 0.3 is 0 Å². The molecule has 1 aromatic carbocycles. The van der Waals surface area contributed by atoms with E-state index in [0.29, 0.717) is 5.88 Å². The molecule has 2 amide bonds. The summed E-state index contributed by atoms with van der Waals surface area (Å²) in [5.74, 6) is 0.627. The van der Waals surface area contributed by atoms with Crippen molar-refractivity contribution in [3.05, 3.63) is 77.4 Å². The van der Waals surface area contributed by atoms with Crippen LogP contribution in [-0.4, -0.2) is 22.8 Å². The van der Waals surface area contributed by atoms with Crippen molar-refractivity contribution in [1.29, 1.82) is 0 Å². The maximum absolute atomic E-state index is 12.6. The third kappa shape index (κ3) is 5.94. The van der Waals surface area contributed by atoms with Crippen molar-refractivity contribution in [2.24, 2.45) is 5.92 Å². The third-order valence-corrected chi connectivity index (χ3v) is 4.80. The van der Waals surface area contributed by atoms with Crippen molar-refractivity contribution < 1.29 is 18.7 Å². The van der Waals surface area contributed by atoms with E-state index in [1.807, 2.05) is 52.0 Å². The molecule has 0 spiro atoms. The topological polar surface area (TPSA) is 93.5 Å². The molecule has 0 fully saturated rings. The van der Waals surface area contributed by atoms with Gasteiger partial charge in [-0.15, -0.1) is 0 Å². The van der Waals surface area contributed by atoms with Gasteiger partial charge in [0.1, 0.15) is 11.8 Å². The number of hydrogen-bond donors (Lipinski definition) is 2. The normalized spacial score (nSPS) is 11.8. The molecule has 1 unspecified atom stereocenters. The number of benzene rings is 1. The Kier molecular flexibility index (Phi) is 7.07. The average Bonchev–Trinajstić information content (AvgIpc) is 3.28. The van der Waals surface area contributed by atoms with Gasteiger partial charge in [-0.2, -0.15) is 0 Å². The summed E-state index contributed by atoms with van der Waals surface area (Å²) < 4.78 is 11.0. The second kappa shape index (κ2) is 9.93. The molecule has 162 valence electrons. The van der Waals surface area contributed by atoms with E-state index in [2.05, 4.69) is 15.6 Å². The molecule has 1 atom stereocenters. The van der Waals surface area contributed by atoms with Crippen molar-refractivity contribution in [3.8, 4) is 11.6 Å². The Hall–Kier alpha value is -3.61. The van der Waals surface area contributed by atoms with Gasteiger partial charge < -0.3 is 19.8 Å². The molecule has 2 N–H and O–H groups in total. The van der Waals surface area contributed by atoms with Crippen LogP contribution in [0.4, 0.5) is 0 Å². The standard InChI is InChI=1S/C24H27N3O4/c1-15(2)22(27-23(28)19-6-5-11-30-19)24(29)26-14-18-9-10-21(25-13-18)31-20-12-16(3)7-8-17(20)4/h5-13,15,22H,14H2,1-4H3,(H,26,29)(H,27,28). The van der Waals surface area contributed by atoms with E-state index in [1.165, 1.54) is 6.26 Å². The minimum atomic E-state index is -0.683. The summed E-state index contributed by atoms with van der Waals surface area (Å²) in [6.45, 7) is 8.01. The van der Waals surface area contributed by atoms with Crippen molar-refractivity contribution in [1.82, 2.24) is 15.6 Å². The lowest BCUT2D eigenvalue weighted by molar-refractivity contribution is -0.124. The number of ether oxygens (including phenoxy) is 1. The lowest BCUT2D eigenvalue weighted by Crippen LogP contribution is -2.49. The van der Waals surface area contributed by atoms with Crippen molar-refractivity contribution in [2.75, 3.05) is 0 Å².